The van der Waals surface area contributed by atoms with Gasteiger partial charge < -0.3 is 9.88 Å². The summed E-state index contributed by atoms with van der Waals surface area (Å²) in [5, 5.41) is 3.57. The summed E-state index contributed by atoms with van der Waals surface area (Å²) in [5.74, 6) is 0.928. The number of carbonyl (C=O) groups is 1. The van der Waals surface area contributed by atoms with E-state index < -0.39 is 0 Å². The van der Waals surface area contributed by atoms with Gasteiger partial charge in [0.25, 0.3) is 0 Å². The van der Waals surface area contributed by atoms with Crippen LogP contribution in [0.3, 0.4) is 0 Å². The molecule has 0 fully saturated rings. The van der Waals surface area contributed by atoms with Crippen LogP contribution in [0.1, 0.15) is 17.0 Å². The molecule has 3 rings (SSSR count). The number of amides is 1. The summed E-state index contributed by atoms with van der Waals surface area (Å²) >= 11 is 6.09. The van der Waals surface area contributed by atoms with E-state index in [-0.39, 0.29) is 5.91 Å². The first-order valence-corrected chi connectivity index (χ1v) is 7.84. The monoisotopic (exact) mass is 327 g/mol. The number of hydrogen-bond acceptors (Lipinski definition) is 2. The normalized spacial score (nSPS) is 10.9. The molecule has 23 heavy (non-hydrogen) atoms. The highest BCUT2D eigenvalue weighted by atomic mass is 35.5. The second-order valence-electron chi connectivity index (χ2n) is 5.59. The molecule has 1 heterocycles. The highest BCUT2D eigenvalue weighted by Gasteiger charge is 2.08. The van der Waals surface area contributed by atoms with Gasteiger partial charge in [-0.25, -0.2) is 4.98 Å². The third-order valence-corrected chi connectivity index (χ3v) is 4.34. The number of rotatable bonds is 4. The molecule has 118 valence electrons. The van der Waals surface area contributed by atoms with Gasteiger partial charge in [0.15, 0.2) is 0 Å². The Morgan fingerprint density at radius 1 is 1.26 bits per heavy atom. The van der Waals surface area contributed by atoms with E-state index in [4.69, 9.17) is 11.6 Å². The minimum Gasteiger partial charge on any atom is -0.352 e. The predicted molar refractivity (Wildman–Crippen MR) is 92.5 cm³/mol. The smallest absolute Gasteiger partial charge is 0.224 e. The number of fused-ring (bicyclic) bond motifs is 1. The van der Waals surface area contributed by atoms with Gasteiger partial charge in [-0.15, -0.1) is 0 Å². The molecule has 1 amide bonds. The molecule has 0 aliphatic heterocycles. The molecule has 4 nitrogen and oxygen atoms in total. The molecule has 3 aromatic rings. The minimum absolute atomic E-state index is 0.0306. The number of aryl methyl sites for hydroxylation is 2. The summed E-state index contributed by atoms with van der Waals surface area (Å²) in [5.41, 5.74) is 3.86. The van der Waals surface area contributed by atoms with Gasteiger partial charge in [0.2, 0.25) is 5.91 Å². The molecule has 0 saturated heterocycles. The standard InChI is InChI=1S/C18H18ClN3O/c1-12-21-16-9-13(7-8-17(16)22(12)2)10-18(23)20-11-14-5-3-4-6-15(14)19/h3-9H,10-11H2,1-2H3,(H,20,23). The van der Waals surface area contributed by atoms with Crippen LogP contribution in [0, 0.1) is 6.92 Å². The van der Waals surface area contributed by atoms with E-state index in [2.05, 4.69) is 10.3 Å². The molecule has 0 aliphatic rings. The fraction of sp³-hybridized carbons (Fsp3) is 0.222. The maximum Gasteiger partial charge on any atom is 0.224 e. The summed E-state index contributed by atoms with van der Waals surface area (Å²) in [4.78, 5) is 16.6. The predicted octanol–water partition coefficient (Wildman–Crippen LogP) is 3.39. The van der Waals surface area contributed by atoms with Gasteiger partial charge in [0.05, 0.1) is 17.5 Å². The van der Waals surface area contributed by atoms with Crippen molar-refractivity contribution in [3.8, 4) is 0 Å². The number of nitrogens with zero attached hydrogens (tertiary/aromatic N) is 2. The Kier molecular flexibility index (Phi) is 4.35. The van der Waals surface area contributed by atoms with Crippen LogP contribution in [0.15, 0.2) is 42.5 Å². The molecule has 0 unspecified atom stereocenters. The third kappa shape index (κ3) is 3.37. The molecule has 0 aliphatic carbocycles. The average Bonchev–Trinajstić information content (AvgIpc) is 2.81. The number of carbonyl (C=O) groups excluding carboxylic acids is 1. The number of hydrogen-bond donors (Lipinski definition) is 1. The molecule has 0 saturated carbocycles. The Morgan fingerprint density at radius 3 is 2.83 bits per heavy atom. The molecule has 0 bridgehead atoms. The minimum atomic E-state index is -0.0306. The Balaban J connectivity index is 1.67. The van der Waals surface area contributed by atoms with Gasteiger partial charge in [-0.2, -0.15) is 0 Å². The molecule has 2 aromatic carbocycles. The van der Waals surface area contributed by atoms with Crippen molar-refractivity contribution in [2.45, 2.75) is 19.9 Å². The summed E-state index contributed by atoms with van der Waals surface area (Å²) < 4.78 is 2.04. The molecule has 1 aromatic heterocycles. The zero-order valence-electron chi connectivity index (χ0n) is 13.1. The largest absolute Gasteiger partial charge is 0.352 e. The van der Waals surface area contributed by atoms with E-state index in [0.29, 0.717) is 18.0 Å². The highest BCUT2D eigenvalue weighted by molar-refractivity contribution is 6.31. The van der Waals surface area contributed by atoms with Crippen LogP contribution in [-0.2, 0) is 24.8 Å². The summed E-state index contributed by atoms with van der Waals surface area (Å²) in [6.07, 6.45) is 0.329. The van der Waals surface area contributed by atoms with Gasteiger partial charge in [-0.3, -0.25) is 4.79 Å². The van der Waals surface area contributed by atoms with Gasteiger partial charge in [0, 0.05) is 18.6 Å². The molecule has 1 N–H and O–H groups in total. The first-order chi connectivity index (χ1) is 11.0. The Hall–Kier alpha value is -2.33. The highest BCUT2D eigenvalue weighted by Crippen LogP contribution is 2.17. The maximum absolute atomic E-state index is 12.1. The van der Waals surface area contributed by atoms with Gasteiger partial charge >= 0.3 is 0 Å². The van der Waals surface area contributed by atoms with Crippen molar-refractivity contribution >= 4 is 28.5 Å². The van der Waals surface area contributed by atoms with Crippen molar-refractivity contribution in [2.75, 3.05) is 0 Å². The summed E-state index contributed by atoms with van der Waals surface area (Å²) in [6, 6.07) is 13.5. The van der Waals surface area contributed by atoms with Crippen molar-refractivity contribution in [3.05, 3.63) is 64.4 Å². The van der Waals surface area contributed by atoms with Crippen LogP contribution < -0.4 is 5.32 Å². The number of nitrogens with one attached hydrogen (secondary N) is 1. The van der Waals surface area contributed by atoms with E-state index >= 15 is 0 Å². The maximum atomic E-state index is 12.1. The zero-order chi connectivity index (χ0) is 16.4. The summed E-state index contributed by atoms with van der Waals surface area (Å²) in [6.45, 7) is 2.40. The molecular formula is C18H18ClN3O. The van der Waals surface area contributed by atoms with Crippen LogP contribution in [0.4, 0.5) is 0 Å². The van der Waals surface area contributed by atoms with Crippen LogP contribution in [0.2, 0.25) is 5.02 Å². The first-order valence-electron chi connectivity index (χ1n) is 7.46. The van der Waals surface area contributed by atoms with Gasteiger partial charge in [-0.05, 0) is 36.2 Å². The lowest BCUT2D eigenvalue weighted by Gasteiger charge is -2.07. The SMILES string of the molecule is Cc1nc2cc(CC(=O)NCc3ccccc3Cl)ccc2n1C. The second kappa shape index (κ2) is 6.42. The molecule has 0 radical (unpaired) electrons. The molecular weight excluding hydrogens is 310 g/mol. The van der Waals surface area contributed by atoms with E-state index in [1.165, 1.54) is 0 Å². The van der Waals surface area contributed by atoms with E-state index in [0.717, 1.165) is 28.0 Å². The van der Waals surface area contributed by atoms with Crippen LogP contribution in [0.5, 0.6) is 0 Å². The molecule has 5 heteroatoms. The number of imidazole rings is 1. The molecule has 0 spiro atoms. The van der Waals surface area contributed by atoms with Gasteiger partial charge in [-0.1, -0.05) is 35.9 Å². The van der Waals surface area contributed by atoms with E-state index in [1.807, 2.05) is 61.0 Å². The Labute approximate surface area is 140 Å². The van der Waals surface area contributed by atoms with Crippen molar-refractivity contribution < 1.29 is 4.79 Å². The van der Waals surface area contributed by atoms with E-state index in [1.54, 1.807) is 0 Å². The van der Waals surface area contributed by atoms with Gasteiger partial charge in [0.1, 0.15) is 5.82 Å². The zero-order valence-corrected chi connectivity index (χ0v) is 13.9. The quantitative estimate of drug-likeness (QED) is 0.798. The third-order valence-electron chi connectivity index (χ3n) is 3.97. The number of benzene rings is 2. The lowest BCUT2D eigenvalue weighted by atomic mass is 10.1. The molecule has 0 atom stereocenters. The first kappa shape index (κ1) is 15.6. The summed E-state index contributed by atoms with van der Waals surface area (Å²) in [7, 11) is 1.99. The Morgan fingerprint density at radius 2 is 2.04 bits per heavy atom. The van der Waals surface area contributed by atoms with Crippen LogP contribution in [-0.4, -0.2) is 15.5 Å². The van der Waals surface area contributed by atoms with Crippen LogP contribution >= 0.6 is 11.6 Å². The fourth-order valence-electron chi connectivity index (χ4n) is 2.56. The van der Waals surface area contributed by atoms with Crippen molar-refractivity contribution in [1.29, 1.82) is 0 Å². The second-order valence-corrected chi connectivity index (χ2v) is 5.99. The number of aromatic nitrogens is 2. The van der Waals surface area contributed by atoms with Crippen molar-refractivity contribution in [1.82, 2.24) is 14.9 Å². The lowest BCUT2D eigenvalue weighted by Crippen LogP contribution is -2.24. The topological polar surface area (TPSA) is 46.9 Å². The average molecular weight is 328 g/mol. The Bertz CT molecular complexity index is 870. The number of halogens is 1. The van der Waals surface area contributed by atoms with E-state index in [9.17, 15) is 4.79 Å². The van der Waals surface area contributed by atoms with Crippen LogP contribution in [0.25, 0.3) is 11.0 Å². The van der Waals surface area contributed by atoms with Crippen molar-refractivity contribution in [3.63, 3.8) is 0 Å². The lowest BCUT2D eigenvalue weighted by molar-refractivity contribution is -0.120. The fourth-order valence-corrected chi connectivity index (χ4v) is 2.76. The van der Waals surface area contributed by atoms with Crippen molar-refractivity contribution in [2.24, 2.45) is 7.05 Å².